The molecule has 0 aromatic rings. The number of aliphatic hydroxyl groups excluding tert-OH is 1. The van der Waals surface area contributed by atoms with Crippen molar-refractivity contribution >= 4 is 0 Å². The lowest BCUT2D eigenvalue weighted by Crippen LogP contribution is -2.42. The fourth-order valence-corrected chi connectivity index (χ4v) is 1.50. The second kappa shape index (κ2) is 8.23. The van der Waals surface area contributed by atoms with Crippen molar-refractivity contribution in [1.29, 1.82) is 0 Å². The van der Waals surface area contributed by atoms with E-state index in [0.717, 1.165) is 19.4 Å². The summed E-state index contributed by atoms with van der Waals surface area (Å²) in [5, 5.41) is 8.86. The summed E-state index contributed by atoms with van der Waals surface area (Å²) in [7, 11) is 0. The van der Waals surface area contributed by atoms with Gasteiger partial charge in [0, 0.05) is 25.7 Å². The number of nitrogens with zero attached hydrogens (tertiary/aromatic N) is 1. The SMILES string of the molecule is C=CCN(CCO)C(CN)CCC. The molecule has 3 nitrogen and oxygen atoms in total. The molecule has 0 spiro atoms. The highest BCUT2D eigenvalue weighted by Crippen LogP contribution is 2.05. The maximum absolute atomic E-state index is 8.86. The van der Waals surface area contributed by atoms with E-state index in [0.29, 0.717) is 19.1 Å². The molecule has 1 unspecified atom stereocenters. The zero-order valence-electron chi connectivity index (χ0n) is 8.58. The predicted molar refractivity (Wildman–Crippen MR) is 56.6 cm³/mol. The van der Waals surface area contributed by atoms with E-state index in [-0.39, 0.29) is 6.61 Å². The largest absolute Gasteiger partial charge is 0.395 e. The average Bonchev–Trinajstić information content (AvgIpc) is 2.14. The van der Waals surface area contributed by atoms with Crippen LogP contribution in [0, 0.1) is 0 Å². The normalized spacial score (nSPS) is 13.2. The lowest BCUT2D eigenvalue weighted by molar-refractivity contribution is 0.160. The van der Waals surface area contributed by atoms with Crippen molar-refractivity contribution in [3.8, 4) is 0 Å². The fourth-order valence-electron chi connectivity index (χ4n) is 1.50. The second-order valence-corrected chi connectivity index (χ2v) is 3.19. The van der Waals surface area contributed by atoms with Gasteiger partial charge in [0.2, 0.25) is 0 Å². The lowest BCUT2D eigenvalue weighted by Gasteiger charge is -2.28. The molecule has 0 saturated carbocycles. The number of hydrogen-bond donors (Lipinski definition) is 2. The molecule has 1 atom stereocenters. The van der Waals surface area contributed by atoms with Crippen LogP contribution in [0.15, 0.2) is 12.7 Å². The Hall–Kier alpha value is -0.380. The zero-order chi connectivity index (χ0) is 10.1. The summed E-state index contributed by atoms with van der Waals surface area (Å²) in [6.07, 6.45) is 4.07. The summed E-state index contributed by atoms with van der Waals surface area (Å²) in [5.41, 5.74) is 5.66. The summed E-state index contributed by atoms with van der Waals surface area (Å²) < 4.78 is 0. The molecule has 0 aliphatic rings. The Kier molecular flexibility index (Phi) is 7.99. The third-order valence-electron chi connectivity index (χ3n) is 2.16. The van der Waals surface area contributed by atoms with Gasteiger partial charge in [-0.25, -0.2) is 0 Å². The second-order valence-electron chi connectivity index (χ2n) is 3.19. The molecule has 0 rings (SSSR count). The number of nitrogens with two attached hydrogens (primary N) is 1. The highest BCUT2D eigenvalue weighted by molar-refractivity contribution is 4.79. The topological polar surface area (TPSA) is 49.5 Å². The number of rotatable bonds is 8. The summed E-state index contributed by atoms with van der Waals surface area (Å²) in [6, 6.07) is 0.384. The third kappa shape index (κ3) is 5.03. The van der Waals surface area contributed by atoms with Crippen molar-refractivity contribution in [2.24, 2.45) is 5.73 Å². The summed E-state index contributed by atoms with van der Waals surface area (Å²) >= 11 is 0. The minimum absolute atomic E-state index is 0.189. The van der Waals surface area contributed by atoms with Gasteiger partial charge in [-0.1, -0.05) is 19.4 Å². The van der Waals surface area contributed by atoms with E-state index in [4.69, 9.17) is 10.8 Å². The summed E-state index contributed by atoms with van der Waals surface area (Å²) in [4.78, 5) is 2.18. The molecule has 13 heavy (non-hydrogen) atoms. The van der Waals surface area contributed by atoms with Crippen molar-refractivity contribution in [1.82, 2.24) is 4.90 Å². The smallest absolute Gasteiger partial charge is 0.0558 e. The molecule has 3 heteroatoms. The van der Waals surface area contributed by atoms with Gasteiger partial charge in [-0.2, -0.15) is 0 Å². The lowest BCUT2D eigenvalue weighted by atomic mass is 10.1. The molecule has 0 amide bonds. The maximum atomic E-state index is 8.86. The first-order valence-electron chi connectivity index (χ1n) is 4.96. The molecular formula is C10H22N2O. The quantitative estimate of drug-likeness (QED) is 0.546. The van der Waals surface area contributed by atoms with Gasteiger partial charge in [-0.15, -0.1) is 6.58 Å². The molecule has 0 bridgehead atoms. The Morgan fingerprint density at radius 1 is 1.62 bits per heavy atom. The van der Waals surface area contributed by atoms with Crippen LogP contribution in [-0.4, -0.2) is 42.3 Å². The van der Waals surface area contributed by atoms with Crippen molar-refractivity contribution in [2.45, 2.75) is 25.8 Å². The first-order valence-corrected chi connectivity index (χ1v) is 4.96. The molecule has 78 valence electrons. The predicted octanol–water partition coefficient (Wildman–Crippen LogP) is 0.594. The van der Waals surface area contributed by atoms with Gasteiger partial charge in [0.15, 0.2) is 0 Å². The molecule has 0 aliphatic carbocycles. The Morgan fingerprint density at radius 3 is 2.69 bits per heavy atom. The molecule has 0 fully saturated rings. The third-order valence-corrected chi connectivity index (χ3v) is 2.16. The van der Waals surface area contributed by atoms with E-state index >= 15 is 0 Å². The molecule has 0 aromatic carbocycles. The van der Waals surface area contributed by atoms with Crippen LogP contribution in [0.3, 0.4) is 0 Å². The van der Waals surface area contributed by atoms with Gasteiger partial charge in [-0.3, -0.25) is 4.90 Å². The van der Waals surface area contributed by atoms with Crippen LogP contribution >= 0.6 is 0 Å². The van der Waals surface area contributed by atoms with E-state index in [1.807, 2.05) is 6.08 Å². The fraction of sp³-hybridized carbons (Fsp3) is 0.800. The minimum Gasteiger partial charge on any atom is -0.395 e. The van der Waals surface area contributed by atoms with Crippen LogP contribution in [0.2, 0.25) is 0 Å². The van der Waals surface area contributed by atoms with Gasteiger partial charge >= 0.3 is 0 Å². The number of hydrogen-bond acceptors (Lipinski definition) is 3. The first-order chi connectivity index (χ1) is 6.29. The first kappa shape index (κ1) is 12.6. The molecule has 0 radical (unpaired) electrons. The van der Waals surface area contributed by atoms with Gasteiger partial charge in [0.05, 0.1) is 6.61 Å². The van der Waals surface area contributed by atoms with Crippen LogP contribution in [-0.2, 0) is 0 Å². The van der Waals surface area contributed by atoms with E-state index in [2.05, 4.69) is 18.4 Å². The highest BCUT2D eigenvalue weighted by atomic mass is 16.3. The molecule has 3 N–H and O–H groups in total. The van der Waals surface area contributed by atoms with E-state index in [9.17, 15) is 0 Å². The number of aliphatic hydroxyl groups is 1. The van der Waals surface area contributed by atoms with Gasteiger partial charge in [-0.05, 0) is 6.42 Å². The Bertz CT molecular complexity index is 128. The molecule has 0 heterocycles. The van der Waals surface area contributed by atoms with Crippen molar-refractivity contribution in [2.75, 3.05) is 26.2 Å². The van der Waals surface area contributed by atoms with Gasteiger partial charge in [0.1, 0.15) is 0 Å². The van der Waals surface area contributed by atoms with Crippen LogP contribution in [0.4, 0.5) is 0 Å². The standard InChI is InChI=1S/C10H22N2O/c1-3-5-10(9-11)12(6-4-2)7-8-13/h4,10,13H,2-3,5-9,11H2,1H3. The Labute approximate surface area is 81.2 Å². The highest BCUT2D eigenvalue weighted by Gasteiger charge is 2.13. The van der Waals surface area contributed by atoms with Crippen LogP contribution in [0.1, 0.15) is 19.8 Å². The van der Waals surface area contributed by atoms with Crippen molar-refractivity contribution in [3.05, 3.63) is 12.7 Å². The Balaban J connectivity index is 4.02. The molecule has 0 saturated heterocycles. The maximum Gasteiger partial charge on any atom is 0.0558 e. The van der Waals surface area contributed by atoms with Crippen LogP contribution in [0.25, 0.3) is 0 Å². The van der Waals surface area contributed by atoms with Crippen molar-refractivity contribution < 1.29 is 5.11 Å². The van der Waals surface area contributed by atoms with E-state index < -0.39 is 0 Å². The van der Waals surface area contributed by atoms with Crippen molar-refractivity contribution in [3.63, 3.8) is 0 Å². The minimum atomic E-state index is 0.189. The monoisotopic (exact) mass is 186 g/mol. The van der Waals surface area contributed by atoms with Gasteiger partial charge in [0.25, 0.3) is 0 Å². The van der Waals surface area contributed by atoms with Gasteiger partial charge < -0.3 is 10.8 Å². The summed E-state index contributed by atoms with van der Waals surface area (Å²) in [5.74, 6) is 0. The Morgan fingerprint density at radius 2 is 2.31 bits per heavy atom. The summed E-state index contributed by atoms with van der Waals surface area (Å²) in [6.45, 7) is 8.18. The van der Waals surface area contributed by atoms with E-state index in [1.54, 1.807) is 0 Å². The van der Waals surface area contributed by atoms with E-state index in [1.165, 1.54) is 0 Å². The average molecular weight is 186 g/mol. The zero-order valence-corrected chi connectivity index (χ0v) is 8.58. The molecule has 0 aliphatic heterocycles. The van der Waals surface area contributed by atoms with Crippen LogP contribution < -0.4 is 5.73 Å². The molecule has 0 aromatic heterocycles. The van der Waals surface area contributed by atoms with Crippen LogP contribution in [0.5, 0.6) is 0 Å². The molecular weight excluding hydrogens is 164 g/mol.